The number of carboxylic acids is 1. The van der Waals surface area contributed by atoms with Crippen molar-refractivity contribution >= 4 is 81.2 Å². The molecule has 0 atom stereocenters. The topological polar surface area (TPSA) is 164 Å². The summed E-state index contributed by atoms with van der Waals surface area (Å²) < 4.78 is 12.1. The van der Waals surface area contributed by atoms with Crippen molar-refractivity contribution in [1.29, 1.82) is 5.41 Å². The van der Waals surface area contributed by atoms with Crippen molar-refractivity contribution in [3.05, 3.63) is 106 Å². The van der Waals surface area contributed by atoms with Gasteiger partial charge in [0.25, 0.3) is 0 Å². The second-order valence-corrected chi connectivity index (χ2v) is 13.3. The van der Waals surface area contributed by atoms with Crippen molar-refractivity contribution in [3.63, 3.8) is 0 Å². The van der Waals surface area contributed by atoms with Gasteiger partial charge in [0.1, 0.15) is 41.1 Å². The average molecular weight is 785 g/mol. The molecule has 0 aliphatic carbocycles. The van der Waals surface area contributed by atoms with Crippen molar-refractivity contribution in [2.45, 2.75) is 0 Å². The minimum Gasteiger partial charge on any atom is -1.00 e. The summed E-state index contributed by atoms with van der Waals surface area (Å²) in [6, 6.07) is 27.1. The molecule has 2 fully saturated rings. The second kappa shape index (κ2) is 19.1. The zero-order chi connectivity index (χ0) is 37.3. The summed E-state index contributed by atoms with van der Waals surface area (Å²) in [7, 11) is 1.44. The fraction of sp³-hybridized carbons (Fsp3) is 0.263. The molecule has 8 rings (SSSR count). The van der Waals surface area contributed by atoms with Crippen LogP contribution in [0.25, 0.3) is 0 Å². The number of benzene rings is 4. The van der Waals surface area contributed by atoms with Gasteiger partial charge < -0.3 is 48.5 Å². The van der Waals surface area contributed by atoms with Crippen LogP contribution in [0.3, 0.4) is 0 Å². The number of fused-ring (bicyclic) bond motifs is 4. The maximum atomic E-state index is 9.92. The number of hydrogen-bond acceptors (Lipinski definition) is 10. The zero-order valence-electron chi connectivity index (χ0n) is 31.9. The van der Waals surface area contributed by atoms with Gasteiger partial charge in [0.15, 0.2) is 17.5 Å². The number of nitrogens with zero attached hydrogens (tertiary/aromatic N) is 5. The summed E-state index contributed by atoms with van der Waals surface area (Å²) in [6.45, 7) is 7.29. The van der Waals surface area contributed by atoms with Gasteiger partial charge in [0.2, 0.25) is 0 Å². The van der Waals surface area contributed by atoms with Crippen molar-refractivity contribution in [1.82, 2.24) is 25.3 Å². The number of aliphatic imine (C=N–C) groups is 2. The Morgan fingerprint density at radius 2 is 1.19 bits per heavy atom. The van der Waals surface area contributed by atoms with Crippen LogP contribution in [-0.2, 0) is 4.79 Å². The zero-order valence-corrected chi connectivity index (χ0v) is 32.8. The number of ether oxygens (including phenoxy) is 2. The third-order valence-corrected chi connectivity index (χ3v) is 9.08. The Morgan fingerprint density at radius 3 is 1.56 bits per heavy atom. The van der Waals surface area contributed by atoms with Gasteiger partial charge in [-0.05, 0) is 60.7 Å². The molecule has 13 nitrogen and oxygen atoms in total. The van der Waals surface area contributed by atoms with Crippen LogP contribution < -0.4 is 25.8 Å². The number of para-hydroxylation sites is 4. The number of aliphatic carboxylic acids is 1. The Labute approximate surface area is 343 Å². The fourth-order valence-electron chi connectivity index (χ4n) is 5.91. The molecule has 4 heterocycles. The number of likely N-dealkylation sites (N-methyl/N-ethyl adjacent to an activating group) is 1. The molecule has 2 saturated heterocycles. The molecule has 16 heteroatoms. The van der Waals surface area contributed by atoms with Gasteiger partial charge in [-0.15, -0.1) is 0 Å². The number of guanidine groups is 1. The molecule has 4 aromatic carbocycles. The largest absolute Gasteiger partial charge is 2.00 e. The molecular weight excluding hydrogens is 742 g/mol. The van der Waals surface area contributed by atoms with Gasteiger partial charge in [-0.3, -0.25) is 10.2 Å². The third kappa shape index (κ3) is 10.3. The van der Waals surface area contributed by atoms with Gasteiger partial charge in [-0.2, -0.15) is 0 Å². The third-order valence-electron chi connectivity index (χ3n) is 8.60. The number of rotatable bonds is 2. The number of amidine groups is 2. The average Bonchev–Trinajstić information content (AvgIpc) is 3.43. The number of carbonyl (C=O) groups is 1. The first-order valence-corrected chi connectivity index (χ1v) is 17.9. The molecule has 0 bridgehead atoms. The van der Waals surface area contributed by atoms with E-state index in [-0.39, 0.29) is 38.4 Å². The predicted molar refractivity (Wildman–Crippen MR) is 217 cm³/mol. The number of carboxylic acid groups (broad SMARTS) is 1. The standard InChI is InChI=1S/2C17H16ClN3O.C4H9N3O2.Mg.2H/c2*18-12-5-6-15-13(11-12)17(21-9-7-19-8-10-21)20-14-3-1-2-4-16(14)22-15;1-7(4(5)6)2-3(8)9;;;/h2*1-6,11,19H,7-10H2;2H2,1H3,(H3,5,6)(H,8,9);;;/q;;;+2;2*-1. The molecule has 0 radical (unpaired) electrons. The van der Waals surface area contributed by atoms with E-state index in [2.05, 4.69) is 20.4 Å². The first kappa shape index (κ1) is 40.6. The smallest absolute Gasteiger partial charge is 1.00 e. The number of piperazine rings is 2. The Bertz CT molecular complexity index is 1910. The molecule has 0 aromatic heterocycles. The quantitative estimate of drug-likeness (QED) is 0.0983. The summed E-state index contributed by atoms with van der Waals surface area (Å²) in [5, 5.41) is 23.0. The minimum absolute atomic E-state index is 0. The molecule has 0 unspecified atom stereocenters. The van der Waals surface area contributed by atoms with Crippen molar-refractivity contribution in [2.24, 2.45) is 15.7 Å². The van der Waals surface area contributed by atoms with E-state index in [9.17, 15) is 4.79 Å². The monoisotopic (exact) mass is 783 g/mol. The van der Waals surface area contributed by atoms with E-state index >= 15 is 0 Å². The minimum atomic E-state index is -0.993. The van der Waals surface area contributed by atoms with Gasteiger partial charge >= 0.3 is 29.0 Å². The summed E-state index contributed by atoms with van der Waals surface area (Å²) in [4.78, 5) is 25.4. The molecule has 0 saturated carbocycles. The van der Waals surface area contributed by atoms with Gasteiger partial charge in [-0.25, -0.2) is 9.98 Å². The fourth-order valence-corrected chi connectivity index (χ4v) is 6.26. The van der Waals surface area contributed by atoms with E-state index in [1.54, 1.807) is 0 Å². The van der Waals surface area contributed by atoms with Crippen LogP contribution in [-0.4, -0.2) is 132 Å². The van der Waals surface area contributed by atoms with Crippen LogP contribution in [0.1, 0.15) is 14.0 Å². The van der Waals surface area contributed by atoms with Gasteiger partial charge in [0.05, 0.1) is 11.1 Å². The Hall–Kier alpha value is -4.57. The molecular formula is C38H43Cl2MgN9O4. The van der Waals surface area contributed by atoms with Gasteiger partial charge in [0, 0.05) is 69.5 Å². The summed E-state index contributed by atoms with van der Waals surface area (Å²) in [5.41, 5.74) is 8.53. The second-order valence-electron chi connectivity index (χ2n) is 12.4. The molecule has 280 valence electrons. The van der Waals surface area contributed by atoms with Crippen molar-refractivity contribution < 1.29 is 22.2 Å². The number of nitrogens with one attached hydrogen (secondary N) is 3. The van der Waals surface area contributed by atoms with Crippen LogP contribution in [0.15, 0.2) is 94.9 Å². The molecule has 0 spiro atoms. The van der Waals surface area contributed by atoms with E-state index in [1.165, 1.54) is 7.05 Å². The molecule has 4 aromatic rings. The van der Waals surface area contributed by atoms with E-state index in [1.807, 2.05) is 84.9 Å². The maximum absolute atomic E-state index is 9.92. The maximum Gasteiger partial charge on any atom is 2.00 e. The van der Waals surface area contributed by atoms with Crippen LogP contribution in [0.4, 0.5) is 11.4 Å². The van der Waals surface area contributed by atoms with Crippen LogP contribution >= 0.6 is 23.2 Å². The van der Waals surface area contributed by atoms with E-state index in [0.717, 1.165) is 114 Å². The van der Waals surface area contributed by atoms with Gasteiger partial charge in [-0.1, -0.05) is 47.5 Å². The number of halogens is 2. The first-order chi connectivity index (χ1) is 25.7. The van der Waals surface area contributed by atoms with Crippen LogP contribution in [0.5, 0.6) is 23.0 Å². The Balaban J connectivity index is 0.000000238. The number of nitrogens with two attached hydrogens (primary N) is 1. The van der Waals surface area contributed by atoms with Crippen LogP contribution in [0, 0.1) is 5.41 Å². The van der Waals surface area contributed by atoms with Crippen molar-refractivity contribution in [3.8, 4) is 23.0 Å². The first-order valence-electron chi connectivity index (χ1n) is 17.2. The molecule has 4 aliphatic heterocycles. The predicted octanol–water partition coefficient (Wildman–Crippen LogP) is 5.60. The van der Waals surface area contributed by atoms with Crippen molar-refractivity contribution in [2.75, 3.05) is 66.0 Å². The SMILES string of the molecule is CN(CC(=O)O)C(=N)N.Clc1ccc2c(c1)C(N1CCNCC1)=Nc1ccccc1O2.Clc1ccc2c(c1)C(N1CCNCC1)=Nc1ccccc1O2.[H-].[H-].[Mg+2]. The molecule has 0 amide bonds. The van der Waals surface area contributed by atoms with E-state index in [4.69, 9.17) is 58.9 Å². The van der Waals surface area contributed by atoms with E-state index < -0.39 is 5.97 Å². The number of hydrogen-bond donors (Lipinski definition) is 5. The van der Waals surface area contributed by atoms with E-state index in [0.29, 0.717) is 10.0 Å². The van der Waals surface area contributed by atoms with Crippen LogP contribution in [0.2, 0.25) is 10.0 Å². The molecule has 6 N–H and O–H groups in total. The Morgan fingerprint density at radius 1 is 0.778 bits per heavy atom. The summed E-state index contributed by atoms with van der Waals surface area (Å²) in [6.07, 6.45) is 0. The molecule has 4 aliphatic rings. The summed E-state index contributed by atoms with van der Waals surface area (Å²) >= 11 is 12.4. The normalized spacial score (nSPS) is 15.2. The summed E-state index contributed by atoms with van der Waals surface area (Å²) in [5.74, 6) is 3.78. The Kier molecular flexibility index (Phi) is 14.4. The molecule has 54 heavy (non-hydrogen) atoms.